The van der Waals surface area contributed by atoms with E-state index in [0.717, 1.165) is 6.61 Å². The van der Waals surface area contributed by atoms with Gasteiger partial charge in [0.2, 0.25) is 0 Å². The Kier molecular flexibility index (Phi) is 9.75. The molecule has 0 aromatic rings. The predicted octanol–water partition coefficient (Wildman–Crippen LogP) is 4.61. The molecule has 0 aromatic carbocycles. The van der Waals surface area contributed by atoms with Crippen LogP contribution in [0.5, 0.6) is 0 Å². The highest BCUT2D eigenvalue weighted by Gasteiger charge is 2.27. The largest absolute Gasteiger partial charge is 0.417 e. The second-order valence-corrected chi connectivity index (χ2v) is 9.70. The Morgan fingerprint density at radius 1 is 0.929 bits per heavy atom. The normalized spacial score (nSPS) is 12.0. The molecular weight excluding hydrogens is 303 g/mol. The van der Waals surface area contributed by atoms with Crippen LogP contribution in [0.2, 0.25) is 18.1 Å². The average molecular weight is 328 g/mol. The monoisotopic (exact) mass is 328 g/mol. The molecule has 0 aliphatic carbocycles. The van der Waals surface area contributed by atoms with Gasteiger partial charge in [-0.2, -0.15) is 0 Å². The summed E-state index contributed by atoms with van der Waals surface area (Å²) in [5.74, 6) is 0. The van der Waals surface area contributed by atoms with Gasteiger partial charge < -0.3 is 4.43 Å². The zero-order valence-electron chi connectivity index (χ0n) is 9.94. The molecule has 0 fully saturated rings. The lowest BCUT2D eigenvalue weighted by Gasteiger charge is -2.27. The maximum absolute atomic E-state index is 6.16. The first-order valence-corrected chi connectivity index (χ1v) is 10.00. The summed E-state index contributed by atoms with van der Waals surface area (Å²) in [5, 5.41) is 0. The van der Waals surface area contributed by atoms with Gasteiger partial charge in [-0.1, -0.05) is 49.8 Å². The standard InChI is InChI=1S/C11H25IOSi/c1-4-14(5-2,6-3)13-11-9-7-8-10-12/h4-11H2,1-3H3. The van der Waals surface area contributed by atoms with E-state index in [0.29, 0.717) is 0 Å². The van der Waals surface area contributed by atoms with E-state index in [-0.39, 0.29) is 0 Å². The molecule has 1 nitrogen and oxygen atoms in total. The van der Waals surface area contributed by atoms with Gasteiger partial charge in [0.1, 0.15) is 0 Å². The topological polar surface area (TPSA) is 9.23 Å². The molecule has 14 heavy (non-hydrogen) atoms. The van der Waals surface area contributed by atoms with Crippen LogP contribution in [0, 0.1) is 0 Å². The van der Waals surface area contributed by atoms with E-state index in [9.17, 15) is 0 Å². The van der Waals surface area contributed by atoms with Crippen molar-refractivity contribution in [3.8, 4) is 0 Å². The van der Waals surface area contributed by atoms with Crippen molar-refractivity contribution in [3.05, 3.63) is 0 Å². The first-order valence-electron chi connectivity index (χ1n) is 5.94. The van der Waals surface area contributed by atoms with Crippen LogP contribution in [-0.4, -0.2) is 19.4 Å². The second kappa shape index (κ2) is 9.16. The molecule has 0 unspecified atom stereocenters. The molecule has 0 bridgehead atoms. The fourth-order valence-electron chi connectivity index (χ4n) is 1.72. The Morgan fingerprint density at radius 2 is 1.50 bits per heavy atom. The van der Waals surface area contributed by atoms with Crippen LogP contribution < -0.4 is 0 Å². The van der Waals surface area contributed by atoms with Crippen molar-refractivity contribution in [3.63, 3.8) is 0 Å². The Morgan fingerprint density at radius 3 is 1.93 bits per heavy atom. The van der Waals surface area contributed by atoms with Crippen molar-refractivity contribution in [2.45, 2.75) is 58.2 Å². The molecule has 0 saturated carbocycles. The highest BCUT2D eigenvalue weighted by atomic mass is 127. The minimum absolute atomic E-state index is 1.01. The molecule has 0 amide bonds. The van der Waals surface area contributed by atoms with Crippen molar-refractivity contribution in [2.24, 2.45) is 0 Å². The molecule has 3 heteroatoms. The zero-order valence-corrected chi connectivity index (χ0v) is 13.1. The molecule has 0 rings (SSSR count). The fraction of sp³-hybridized carbons (Fsp3) is 1.00. The second-order valence-electron chi connectivity index (χ2n) is 3.84. The molecule has 0 N–H and O–H groups in total. The lowest BCUT2D eigenvalue weighted by atomic mass is 10.3. The SMILES string of the molecule is CC[Si](CC)(CC)OCCCCCI. The lowest BCUT2D eigenvalue weighted by Crippen LogP contribution is -2.36. The molecule has 0 aromatic heterocycles. The van der Waals surface area contributed by atoms with Gasteiger partial charge >= 0.3 is 0 Å². The number of alkyl halides is 1. The molecule has 0 aliphatic rings. The van der Waals surface area contributed by atoms with Crippen molar-refractivity contribution in [2.75, 3.05) is 11.0 Å². The summed E-state index contributed by atoms with van der Waals surface area (Å²) in [6, 6.07) is 3.85. The molecule has 0 radical (unpaired) electrons. The third-order valence-electron chi connectivity index (χ3n) is 3.12. The van der Waals surface area contributed by atoms with Crippen LogP contribution in [0.25, 0.3) is 0 Å². The van der Waals surface area contributed by atoms with Crippen molar-refractivity contribution in [1.82, 2.24) is 0 Å². The highest BCUT2D eigenvalue weighted by Crippen LogP contribution is 2.21. The van der Waals surface area contributed by atoms with E-state index < -0.39 is 8.32 Å². The van der Waals surface area contributed by atoms with Crippen molar-refractivity contribution >= 4 is 30.9 Å². The number of rotatable bonds is 9. The van der Waals surface area contributed by atoms with Crippen LogP contribution in [0.1, 0.15) is 40.0 Å². The number of halogens is 1. The fourth-order valence-corrected chi connectivity index (χ4v) is 4.95. The van der Waals surface area contributed by atoms with Crippen LogP contribution in [0.3, 0.4) is 0 Å². The zero-order chi connectivity index (χ0) is 10.9. The van der Waals surface area contributed by atoms with Crippen molar-refractivity contribution < 1.29 is 4.43 Å². The Hall–Kier alpha value is 0.907. The summed E-state index contributed by atoms with van der Waals surface area (Å²) >= 11 is 2.45. The van der Waals surface area contributed by atoms with Gasteiger partial charge in [0.15, 0.2) is 8.32 Å². The summed E-state index contributed by atoms with van der Waals surface area (Å²) in [7, 11) is -1.28. The van der Waals surface area contributed by atoms with E-state index in [2.05, 4.69) is 43.4 Å². The number of unbranched alkanes of at least 4 members (excludes halogenated alkanes) is 2. The Bertz CT molecular complexity index is 118. The van der Waals surface area contributed by atoms with Gasteiger partial charge in [-0.3, -0.25) is 0 Å². The molecule has 86 valence electrons. The van der Waals surface area contributed by atoms with Crippen LogP contribution >= 0.6 is 22.6 Å². The van der Waals surface area contributed by atoms with Gasteiger partial charge in [-0.05, 0) is 35.4 Å². The van der Waals surface area contributed by atoms with E-state index >= 15 is 0 Å². The minimum atomic E-state index is -1.28. The Labute approximate surface area is 104 Å². The molecular formula is C11H25IOSi. The Balaban J connectivity index is 3.61. The maximum atomic E-state index is 6.16. The maximum Gasteiger partial charge on any atom is 0.191 e. The molecule has 0 spiro atoms. The van der Waals surface area contributed by atoms with Gasteiger partial charge in [0, 0.05) is 6.61 Å². The predicted molar refractivity (Wildman–Crippen MR) is 75.9 cm³/mol. The summed E-state index contributed by atoms with van der Waals surface area (Å²) in [6.45, 7) is 7.90. The molecule has 0 heterocycles. The van der Waals surface area contributed by atoms with Gasteiger partial charge in [0.25, 0.3) is 0 Å². The van der Waals surface area contributed by atoms with Gasteiger partial charge in [-0.25, -0.2) is 0 Å². The highest BCUT2D eigenvalue weighted by molar-refractivity contribution is 14.1. The average Bonchev–Trinajstić information content (AvgIpc) is 2.24. The number of hydrogen-bond donors (Lipinski definition) is 0. The molecule has 0 aliphatic heterocycles. The summed E-state index contributed by atoms with van der Waals surface area (Å²) < 4.78 is 7.45. The first kappa shape index (κ1) is 14.9. The quantitative estimate of drug-likeness (QED) is 0.260. The lowest BCUT2D eigenvalue weighted by molar-refractivity contribution is 0.289. The van der Waals surface area contributed by atoms with Gasteiger partial charge in [0.05, 0.1) is 0 Å². The van der Waals surface area contributed by atoms with Gasteiger partial charge in [-0.15, -0.1) is 0 Å². The molecule has 0 saturated heterocycles. The van der Waals surface area contributed by atoms with E-state index in [1.807, 2.05) is 0 Å². The van der Waals surface area contributed by atoms with E-state index in [1.54, 1.807) is 0 Å². The van der Waals surface area contributed by atoms with Crippen LogP contribution in [-0.2, 0) is 4.43 Å². The smallest absolute Gasteiger partial charge is 0.191 e. The summed E-state index contributed by atoms with van der Waals surface area (Å²) in [6.07, 6.45) is 3.95. The summed E-state index contributed by atoms with van der Waals surface area (Å²) in [4.78, 5) is 0. The molecule has 0 atom stereocenters. The number of hydrogen-bond acceptors (Lipinski definition) is 1. The third-order valence-corrected chi connectivity index (χ3v) is 8.56. The van der Waals surface area contributed by atoms with Crippen LogP contribution in [0.4, 0.5) is 0 Å². The van der Waals surface area contributed by atoms with E-state index in [4.69, 9.17) is 4.43 Å². The first-order chi connectivity index (χ1) is 6.74. The van der Waals surface area contributed by atoms with Crippen LogP contribution in [0.15, 0.2) is 0 Å². The van der Waals surface area contributed by atoms with Crippen molar-refractivity contribution in [1.29, 1.82) is 0 Å². The third kappa shape index (κ3) is 5.71. The minimum Gasteiger partial charge on any atom is -0.417 e. The summed E-state index contributed by atoms with van der Waals surface area (Å²) in [5.41, 5.74) is 0. The van der Waals surface area contributed by atoms with E-state index in [1.165, 1.54) is 41.8 Å².